The van der Waals surface area contributed by atoms with Crippen molar-refractivity contribution in [2.24, 2.45) is 0 Å². The van der Waals surface area contributed by atoms with E-state index in [0.717, 1.165) is 64.5 Å². The van der Waals surface area contributed by atoms with E-state index in [-0.39, 0.29) is 11.8 Å². The topological polar surface area (TPSA) is 70.2 Å². The lowest BCUT2D eigenvalue weighted by Gasteiger charge is -2.08. The normalized spacial score (nSPS) is 12.0. The molecule has 5 nitrogen and oxygen atoms in total. The zero-order valence-corrected chi connectivity index (χ0v) is 29.7. The minimum Gasteiger partial charge on any atom is -0.355 e. The summed E-state index contributed by atoms with van der Waals surface area (Å²) >= 11 is 0. The molecule has 0 saturated heterocycles. The molecule has 0 unspecified atom stereocenters. The maximum atomic E-state index is 12.0. The molecule has 0 aromatic rings. The van der Waals surface area contributed by atoms with E-state index in [1.54, 1.807) is 0 Å². The lowest BCUT2D eigenvalue weighted by Crippen LogP contribution is -2.36. The van der Waals surface area contributed by atoms with Crippen LogP contribution in [0, 0.1) is 0 Å². The van der Waals surface area contributed by atoms with E-state index in [9.17, 15) is 9.59 Å². The summed E-state index contributed by atoms with van der Waals surface area (Å²) in [5.74, 6) is 0.293. The Morgan fingerprint density at radius 1 is 0.400 bits per heavy atom. The summed E-state index contributed by atoms with van der Waals surface area (Å²) in [7, 11) is 0. The van der Waals surface area contributed by atoms with Gasteiger partial charge in [0.05, 0.1) is 0 Å². The molecule has 0 heterocycles. The average molecular weight is 628 g/mol. The molecule has 0 bridgehead atoms. The van der Waals surface area contributed by atoms with Gasteiger partial charge < -0.3 is 16.0 Å². The number of unbranched alkanes of at least 4 members (excludes halogenated alkanes) is 16. The number of allylic oxidation sites excluding steroid dienone is 8. The summed E-state index contributed by atoms with van der Waals surface area (Å²) in [5.41, 5.74) is 0. The SMILES string of the molecule is CCCCC/C=C/C/C=C/CCCCCCCC(=O)NCCNCCNC(=O)CCCCCCC/C=C/C/C=C/CCCCC. The van der Waals surface area contributed by atoms with Crippen LogP contribution in [-0.2, 0) is 9.59 Å². The van der Waals surface area contributed by atoms with Crippen LogP contribution in [0.5, 0.6) is 0 Å². The van der Waals surface area contributed by atoms with Crippen LogP contribution in [0.15, 0.2) is 48.6 Å². The second kappa shape index (κ2) is 38.0. The molecule has 0 spiro atoms. The maximum Gasteiger partial charge on any atom is 0.220 e. The predicted octanol–water partition coefficient (Wildman–Crippen LogP) is 10.4. The monoisotopic (exact) mass is 628 g/mol. The van der Waals surface area contributed by atoms with Crippen LogP contribution in [0.1, 0.15) is 168 Å². The van der Waals surface area contributed by atoms with E-state index >= 15 is 0 Å². The largest absolute Gasteiger partial charge is 0.355 e. The molecule has 260 valence electrons. The zero-order chi connectivity index (χ0) is 32.7. The standard InChI is InChI=1S/C40H73N3O2/c1-3-5-7-9-11-13-15-17-19-21-23-25-27-29-31-33-39(44)42-37-35-41-36-38-43-40(45)34-32-30-28-26-24-22-20-18-16-14-12-10-8-6-4-2/h11-14,17-20,41H,3-10,15-16,21-38H2,1-2H3,(H,42,44)(H,43,45)/b13-11+,14-12+,19-17+,20-18+. The highest BCUT2D eigenvalue weighted by Gasteiger charge is 2.02. The van der Waals surface area contributed by atoms with Crippen LogP contribution in [0.2, 0.25) is 0 Å². The van der Waals surface area contributed by atoms with Gasteiger partial charge in [0, 0.05) is 39.0 Å². The molecular formula is C40H73N3O2. The molecule has 2 amide bonds. The van der Waals surface area contributed by atoms with E-state index in [2.05, 4.69) is 78.4 Å². The van der Waals surface area contributed by atoms with Gasteiger partial charge in [0.25, 0.3) is 0 Å². The fraction of sp³-hybridized carbons (Fsp3) is 0.750. The fourth-order valence-electron chi connectivity index (χ4n) is 5.08. The minimum absolute atomic E-state index is 0.146. The van der Waals surface area contributed by atoms with E-state index in [1.165, 1.54) is 89.9 Å². The van der Waals surface area contributed by atoms with Gasteiger partial charge in [-0.25, -0.2) is 0 Å². The summed E-state index contributed by atoms with van der Waals surface area (Å²) in [6.07, 6.45) is 46.0. The van der Waals surface area contributed by atoms with Gasteiger partial charge >= 0.3 is 0 Å². The molecule has 3 N–H and O–H groups in total. The quantitative estimate of drug-likeness (QED) is 0.0491. The van der Waals surface area contributed by atoms with Crippen LogP contribution >= 0.6 is 0 Å². The van der Waals surface area contributed by atoms with Crippen molar-refractivity contribution < 1.29 is 9.59 Å². The van der Waals surface area contributed by atoms with E-state index in [0.29, 0.717) is 25.9 Å². The second-order valence-corrected chi connectivity index (χ2v) is 12.4. The zero-order valence-electron chi connectivity index (χ0n) is 29.7. The molecule has 0 aliphatic rings. The van der Waals surface area contributed by atoms with Crippen molar-refractivity contribution in [2.45, 2.75) is 168 Å². The Morgan fingerprint density at radius 2 is 0.733 bits per heavy atom. The number of nitrogens with one attached hydrogen (secondary N) is 3. The Kier molecular flexibility index (Phi) is 36.2. The lowest BCUT2D eigenvalue weighted by molar-refractivity contribution is -0.121. The highest BCUT2D eigenvalue weighted by Crippen LogP contribution is 2.09. The van der Waals surface area contributed by atoms with Gasteiger partial charge in [-0.15, -0.1) is 0 Å². The summed E-state index contributed by atoms with van der Waals surface area (Å²) in [5, 5.41) is 9.28. The number of amides is 2. The van der Waals surface area contributed by atoms with Crippen LogP contribution in [-0.4, -0.2) is 38.0 Å². The molecule has 45 heavy (non-hydrogen) atoms. The van der Waals surface area contributed by atoms with Crippen LogP contribution in [0.3, 0.4) is 0 Å². The van der Waals surface area contributed by atoms with Crippen molar-refractivity contribution in [2.75, 3.05) is 26.2 Å². The number of hydrogen-bond acceptors (Lipinski definition) is 3. The summed E-state index contributed by atoms with van der Waals surface area (Å²) in [4.78, 5) is 24.0. The number of carbonyl (C=O) groups is 2. The van der Waals surface area contributed by atoms with Gasteiger partial charge in [-0.2, -0.15) is 0 Å². The number of rotatable bonds is 34. The van der Waals surface area contributed by atoms with Crippen molar-refractivity contribution in [3.8, 4) is 0 Å². The molecule has 0 radical (unpaired) electrons. The third-order valence-electron chi connectivity index (χ3n) is 7.96. The minimum atomic E-state index is 0.146. The van der Waals surface area contributed by atoms with Crippen LogP contribution in [0.25, 0.3) is 0 Å². The summed E-state index contributed by atoms with van der Waals surface area (Å²) in [6.45, 7) is 7.23. The third kappa shape index (κ3) is 38.0. The van der Waals surface area contributed by atoms with Gasteiger partial charge in [0.2, 0.25) is 11.8 Å². The summed E-state index contributed by atoms with van der Waals surface area (Å²) < 4.78 is 0. The van der Waals surface area contributed by atoms with Gasteiger partial charge in [-0.3, -0.25) is 9.59 Å². The van der Waals surface area contributed by atoms with Crippen LogP contribution < -0.4 is 16.0 Å². The highest BCUT2D eigenvalue weighted by atomic mass is 16.2. The first kappa shape index (κ1) is 42.9. The average Bonchev–Trinajstić information content (AvgIpc) is 3.04. The van der Waals surface area contributed by atoms with Crippen LogP contribution in [0.4, 0.5) is 0 Å². The van der Waals surface area contributed by atoms with Crippen molar-refractivity contribution in [3.63, 3.8) is 0 Å². The highest BCUT2D eigenvalue weighted by molar-refractivity contribution is 5.76. The van der Waals surface area contributed by atoms with Gasteiger partial charge in [0.1, 0.15) is 0 Å². The first-order chi connectivity index (χ1) is 22.2. The molecule has 0 atom stereocenters. The Balaban J connectivity index is 3.36. The molecule has 0 aromatic heterocycles. The Morgan fingerprint density at radius 3 is 1.11 bits per heavy atom. The molecule has 0 aliphatic carbocycles. The van der Waals surface area contributed by atoms with Crippen molar-refractivity contribution in [1.82, 2.24) is 16.0 Å². The molecule has 0 rings (SSSR count). The number of carbonyl (C=O) groups excluding carboxylic acids is 2. The predicted molar refractivity (Wildman–Crippen MR) is 198 cm³/mol. The molecule has 0 saturated carbocycles. The first-order valence-corrected chi connectivity index (χ1v) is 19.0. The van der Waals surface area contributed by atoms with E-state index < -0.39 is 0 Å². The molecule has 0 aliphatic heterocycles. The van der Waals surface area contributed by atoms with Gasteiger partial charge in [-0.1, -0.05) is 127 Å². The Bertz CT molecular complexity index is 695. The number of hydrogen-bond donors (Lipinski definition) is 3. The fourth-order valence-corrected chi connectivity index (χ4v) is 5.08. The lowest BCUT2D eigenvalue weighted by atomic mass is 10.1. The molecular weight excluding hydrogens is 554 g/mol. The molecule has 0 aromatic carbocycles. The summed E-state index contributed by atoms with van der Waals surface area (Å²) in [6, 6.07) is 0. The van der Waals surface area contributed by atoms with E-state index in [1.807, 2.05) is 0 Å². The maximum absolute atomic E-state index is 12.0. The third-order valence-corrected chi connectivity index (χ3v) is 7.96. The Hall–Kier alpha value is -2.14. The van der Waals surface area contributed by atoms with Gasteiger partial charge in [0.15, 0.2) is 0 Å². The van der Waals surface area contributed by atoms with Gasteiger partial charge in [-0.05, 0) is 77.0 Å². The van der Waals surface area contributed by atoms with E-state index in [4.69, 9.17) is 0 Å². The Labute approximate surface area is 279 Å². The second-order valence-electron chi connectivity index (χ2n) is 12.4. The molecule has 0 fully saturated rings. The van der Waals surface area contributed by atoms with Crippen molar-refractivity contribution >= 4 is 11.8 Å². The first-order valence-electron chi connectivity index (χ1n) is 19.0. The van der Waals surface area contributed by atoms with Crippen molar-refractivity contribution in [1.29, 1.82) is 0 Å². The molecule has 5 heteroatoms. The van der Waals surface area contributed by atoms with Crippen molar-refractivity contribution in [3.05, 3.63) is 48.6 Å². The smallest absolute Gasteiger partial charge is 0.220 e.